The second kappa shape index (κ2) is 9.23. The largest absolute Gasteiger partial charge is 0.497 e. The molecular weight excluding hydrogens is 436 g/mol. The number of halogens is 1. The van der Waals surface area contributed by atoms with Crippen LogP contribution in [0.4, 0.5) is 5.82 Å². The Hall–Kier alpha value is -3.30. The maximum atomic E-state index is 12.4. The number of aromatic amines is 1. The quantitative estimate of drug-likeness (QED) is 0.405. The molecule has 0 aliphatic carbocycles. The summed E-state index contributed by atoms with van der Waals surface area (Å²) in [4.78, 5) is 16.8. The highest BCUT2D eigenvalue weighted by molar-refractivity contribution is 7.99. The molecule has 0 aliphatic heterocycles. The number of nitrogens with one attached hydrogen (secondary N) is 2. The van der Waals surface area contributed by atoms with Crippen LogP contribution in [0.2, 0.25) is 5.02 Å². The normalized spacial score (nSPS) is 10.8. The average Bonchev–Trinajstić information content (AvgIpc) is 3.40. The Kier molecular flexibility index (Phi) is 6.24. The topological polar surface area (TPSA) is 97.7 Å². The number of H-pyrrole nitrogens is 1. The van der Waals surface area contributed by atoms with Gasteiger partial charge in [0.1, 0.15) is 11.6 Å². The third-order valence-electron chi connectivity index (χ3n) is 4.45. The van der Waals surface area contributed by atoms with Gasteiger partial charge >= 0.3 is 0 Å². The number of hydrogen-bond donors (Lipinski definition) is 2. The molecule has 4 aromatic rings. The van der Waals surface area contributed by atoms with E-state index in [9.17, 15) is 4.79 Å². The zero-order valence-corrected chi connectivity index (χ0v) is 18.4. The van der Waals surface area contributed by atoms with Crippen molar-refractivity contribution in [2.24, 2.45) is 7.05 Å². The van der Waals surface area contributed by atoms with E-state index in [2.05, 4.69) is 25.6 Å². The molecule has 2 heterocycles. The molecule has 2 N–H and O–H groups in total. The molecule has 2 aromatic heterocycles. The maximum Gasteiger partial charge on any atom is 0.235 e. The molecule has 0 bridgehead atoms. The molecule has 158 valence electrons. The van der Waals surface area contributed by atoms with E-state index in [1.165, 1.54) is 11.8 Å². The molecule has 10 heteroatoms. The van der Waals surface area contributed by atoms with E-state index < -0.39 is 0 Å². The Morgan fingerprint density at radius 3 is 2.58 bits per heavy atom. The Morgan fingerprint density at radius 1 is 1.16 bits per heavy atom. The molecule has 4 rings (SSSR count). The Morgan fingerprint density at radius 2 is 1.87 bits per heavy atom. The van der Waals surface area contributed by atoms with Gasteiger partial charge in [-0.1, -0.05) is 35.5 Å². The van der Waals surface area contributed by atoms with Gasteiger partial charge in [-0.05, 0) is 36.4 Å². The summed E-state index contributed by atoms with van der Waals surface area (Å²) in [5, 5.41) is 15.5. The summed E-state index contributed by atoms with van der Waals surface area (Å²) in [6, 6.07) is 16.7. The molecule has 0 saturated heterocycles. The Labute approximate surface area is 188 Å². The Balaban J connectivity index is 1.35. The highest BCUT2D eigenvalue weighted by Gasteiger charge is 2.13. The van der Waals surface area contributed by atoms with Crippen molar-refractivity contribution in [3.05, 3.63) is 59.6 Å². The maximum absolute atomic E-state index is 12.4. The van der Waals surface area contributed by atoms with E-state index >= 15 is 0 Å². The van der Waals surface area contributed by atoms with E-state index in [0.717, 1.165) is 22.6 Å². The highest BCUT2D eigenvalue weighted by Crippen LogP contribution is 2.24. The first-order valence-electron chi connectivity index (χ1n) is 9.31. The van der Waals surface area contributed by atoms with Crippen LogP contribution in [0.5, 0.6) is 5.75 Å². The molecule has 0 unspecified atom stereocenters. The number of benzene rings is 2. The van der Waals surface area contributed by atoms with Gasteiger partial charge < -0.3 is 10.1 Å². The zero-order chi connectivity index (χ0) is 21.8. The molecule has 0 saturated carbocycles. The number of thioether (sulfide) groups is 1. The minimum absolute atomic E-state index is 0.168. The van der Waals surface area contributed by atoms with Crippen molar-refractivity contribution in [3.8, 4) is 28.4 Å². The molecule has 0 aliphatic rings. The van der Waals surface area contributed by atoms with Crippen molar-refractivity contribution in [2.45, 2.75) is 5.16 Å². The van der Waals surface area contributed by atoms with Crippen molar-refractivity contribution in [1.29, 1.82) is 0 Å². The van der Waals surface area contributed by atoms with E-state index in [-0.39, 0.29) is 11.7 Å². The summed E-state index contributed by atoms with van der Waals surface area (Å²) in [6.07, 6.45) is 0. The lowest BCUT2D eigenvalue weighted by Gasteiger charge is -2.03. The van der Waals surface area contributed by atoms with Gasteiger partial charge in [0.05, 0.1) is 18.6 Å². The average molecular weight is 455 g/mol. The number of carbonyl (C=O) groups excluding carboxylic acids is 1. The summed E-state index contributed by atoms with van der Waals surface area (Å²) in [5.74, 6) is 1.99. The van der Waals surface area contributed by atoms with E-state index in [1.807, 2.05) is 42.5 Å². The lowest BCUT2D eigenvalue weighted by molar-refractivity contribution is -0.113. The molecule has 8 nitrogen and oxygen atoms in total. The van der Waals surface area contributed by atoms with Gasteiger partial charge in [0.15, 0.2) is 5.82 Å². The molecule has 0 fully saturated rings. The zero-order valence-electron chi connectivity index (χ0n) is 16.8. The van der Waals surface area contributed by atoms with Crippen LogP contribution in [-0.2, 0) is 11.8 Å². The van der Waals surface area contributed by atoms with Crippen LogP contribution in [-0.4, -0.2) is 43.7 Å². The Bertz CT molecular complexity index is 1190. The van der Waals surface area contributed by atoms with Crippen LogP contribution in [0, 0.1) is 0 Å². The molecular formula is C21H19ClN6O2S. The van der Waals surface area contributed by atoms with Gasteiger partial charge in [0.2, 0.25) is 11.1 Å². The van der Waals surface area contributed by atoms with Gasteiger partial charge in [0.25, 0.3) is 0 Å². The number of rotatable bonds is 7. The molecule has 0 radical (unpaired) electrons. The first kappa shape index (κ1) is 21.0. The van der Waals surface area contributed by atoms with Crippen LogP contribution < -0.4 is 10.1 Å². The number of amides is 1. The third-order valence-corrected chi connectivity index (χ3v) is 5.55. The number of ether oxygens (including phenoxy) is 1. The summed E-state index contributed by atoms with van der Waals surface area (Å²) in [6.45, 7) is 0. The van der Waals surface area contributed by atoms with Crippen molar-refractivity contribution in [3.63, 3.8) is 0 Å². The first-order valence-corrected chi connectivity index (χ1v) is 10.7. The molecule has 2 aromatic carbocycles. The van der Waals surface area contributed by atoms with Gasteiger partial charge in [-0.3, -0.25) is 14.6 Å². The number of anilines is 1. The van der Waals surface area contributed by atoms with Crippen LogP contribution in [0.3, 0.4) is 0 Å². The van der Waals surface area contributed by atoms with Crippen molar-refractivity contribution in [2.75, 3.05) is 18.2 Å². The number of aryl methyl sites for hydroxylation is 1. The fraction of sp³-hybridized carbons (Fsp3) is 0.143. The van der Waals surface area contributed by atoms with Gasteiger partial charge in [-0.25, -0.2) is 4.98 Å². The second-order valence-electron chi connectivity index (χ2n) is 6.58. The second-order valence-corrected chi connectivity index (χ2v) is 7.96. The predicted molar refractivity (Wildman–Crippen MR) is 121 cm³/mol. The number of aromatic nitrogens is 5. The minimum atomic E-state index is -0.175. The van der Waals surface area contributed by atoms with Crippen LogP contribution in [0.15, 0.2) is 59.8 Å². The lowest BCUT2D eigenvalue weighted by atomic mass is 10.1. The highest BCUT2D eigenvalue weighted by atomic mass is 35.5. The lowest BCUT2D eigenvalue weighted by Crippen LogP contribution is -2.16. The standard InChI is InChI=1S/C21H19ClN6O2S/c1-28-18(11-17(27-28)13-3-7-15(22)8-4-13)23-19(29)12-31-21-24-20(25-26-21)14-5-9-16(30-2)10-6-14/h3-11H,12H2,1-2H3,(H,23,29)(H,24,25,26). The molecule has 1 amide bonds. The monoisotopic (exact) mass is 454 g/mol. The summed E-state index contributed by atoms with van der Waals surface area (Å²) < 4.78 is 6.78. The number of methoxy groups -OCH3 is 1. The summed E-state index contributed by atoms with van der Waals surface area (Å²) in [7, 11) is 3.39. The molecule has 0 spiro atoms. The van der Waals surface area contributed by atoms with E-state index in [4.69, 9.17) is 16.3 Å². The van der Waals surface area contributed by atoms with Crippen LogP contribution >= 0.6 is 23.4 Å². The smallest absolute Gasteiger partial charge is 0.235 e. The fourth-order valence-corrected chi connectivity index (χ4v) is 3.57. The van der Waals surface area contributed by atoms with Crippen molar-refractivity contribution in [1.82, 2.24) is 25.0 Å². The van der Waals surface area contributed by atoms with E-state index in [1.54, 1.807) is 31.0 Å². The molecule has 0 atom stereocenters. The van der Waals surface area contributed by atoms with Gasteiger partial charge in [-0.2, -0.15) is 5.10 Å². The number of carbonyl (C=O) groups is 1. The van der Waals surface area contributed by atoms with Crippen LogP contribution in [0.1, 0.15) is 0 Å². The van der Waals surface area contributed by atoms with Crippen LogP contribution in [0.25, 0.3) is 22.6 Å². The van der Waals surface area contributed by atoms with Gasteiger partial charge in [-0.15, -0.1) is 5.10 Å². The fourth-order valence-electron chi connectivity index (χ4n) is 2.84. The van der Waals surface area contributed by atoms with Gasteiger partial charge in [0, 0.05) is 29.3 Å². The number of nitrogens with zero attached hydrogens (tertiary/aromatic N) is 4. The van der Waals surface area contributed by atoms with Crippen molar-refractivity contribution < 1.29 is 9.53 Å². The van der Waals surface area contributed by atoms with Crippen molar-refractivity contribution >= 4 is 35.1 Å². The summed E-state index contributed by atoms with van der Waals surface area (Å²) >= 11 is 7.18. The first-order chi connectivity index (χ1) is 15.0. The minimum Gasteiger partial charge on any atom is -0.497 e. The SMILES string of the molecule is COc1ccc(-c2nc(SCC(=O)Nc3cc(-c4ccc(Cl)cc4)nn3C)n[nH]2)cc1. The van der Waals surface area contributed by atoms with E-state index in [0.29, 0.717) is 21.8 Å². The predicted octanol–water partition coefficient (Wildman–Crippen LogP) is 4.27. The number of hydrogen-bond acceptors (Lipinski definition) is 6. The third kappa shape index (κ3) is 5.07. The summed E-state index contributed by atoms with van der Waals surface area (Å²) in [5.41, 5.74) is 2.55. The molecule has 31 heavy (non-hydrogen) atoms.